The topological polar surface area (TPSA) is 24.1 Å². The van der Waals surface area contributed by atoms with E-state index in [4.69, 9.17) is 12.2 Å². The van der Waals surface area contributed by atoms with Gasteiger partial charge in [0.05, 0.1) is 0 Å². The second kappa shape index (κ2) is 7.28. The van der Waals surface area contributed by atoms with Crippen molar-refractivity contribution in [1.82, 2.24) is 5.32 Å². The smallest absolute Gasteiger partial charge is 0.170 e. The van der Waals surface area contributed by atoms with Crippen molar-refractivity contribution < 1.29 is 0 Å². The molecular formula is C14H22N2S. The van der Waals surface area contributed by atoms with Gasteiger partial charge in [-0.25, -0.2) is 0 Å². The molecule has 2 N–H and O–H groups in total. The molecule has 1 aromatic carbocycles. The third-order valence-electron chi connectivity index (χ3n) is 2.59. The summed E-state index contributed by atoms with van der Waals surface area (Å²) in [6.07, 6.45) is 2.37. The zero-order chi connectivity index (χ0) is 12.7. The van der Waals surface area contributed by atoms with E-state index in [0.717, 1.165) is 18.0 Å². The van der Waals surface area contributed by atoms with Crippen LogP contribution in [0.1, 0.15) is 33.6 Å². The van der Waals surface area contributed by atoms with Gasteiger partial charge in [-0.15, -0.1) is 0 Å². The fraction of sp³-hybridized carbons (Fsp3) is 0.500. The van der Waals surface area contributed by atoms with Crippen LogP contribution < -0.4 is 10.6 Å². The number of thiocarbonyl (C=S) groups is 1. The van der Waals surface area contributed by atoms with Crippen LogP contribution in [-0.2, 0) is 0 Å². The summed E-state index contributed by atoms with van der Waals surface area (Å²) in [5.41, 5.74) is 1.03. The minimum absolute atomic E-state index is 0.418. The zero-order valence-electron chi connectivity index (χ0n) is 10.9. The number of hydrogen-bond acceptors (Lipinski definition) is 1. The standard InChI is InChI=1S/C14H22N2S/c1-11(2)9-10-12(3)15-14(17)16-13-7-5-4-6-8-13/h4-8,11-12H,9-10H2,1-3H3,(H2,15,16,17). The Kier molecular flexibility index (Phi) is 5.98. The Hall–Kier alpha value is -1.09. The Balaban J connectivity index is 2.29. The molecule has 0 aliphatic carbocycles. The van der Waals surface area contributed by atoms with Crippen LogP contribution in [0.3, 0.4) is 0 Å². The molecule has 2 nitrogen and oxygen atoms in total. The largest absolute Gasteiger partial charge is 0.360 e. The highest BCUT2D eigenvalue weighted by Gasteiger charge is 2.05. The SMILES string of the molecule is CC(C)CCC(C)NC(=S)Nc1ccccc1. The fourth-order valence-corrected chi connectivity index (χ4v) is 1.89. The monoisotopic (exact) mass is 250 g/mol. The van der Waals surface area contributed by atoms with Gasteiger partial charge in [0.15, 0.2) is 5.11 Å². The lowest BCUT2D eigenvalue weighted by Crippen LogP contribution is -2.36. The van der Waals surface area contributed by atoms with Gasteiger partial charge >= 0.3 is 0 Å². The van der Waals surface area contributed by atoms with Gasteiger partial charge in [0.25, 0.3) is 0 Å². The molecule has 1 unspecified atom stereocenters. The van der Waals surface area contributed by atoms with Gasteiger partial charge in [0.1, 0.15) is 0 Å². The van der Waals surface area contributed by atoms with E-state index in [2.05, 4.69) is 31.4 Å². The highest BCUT2D eigenvalue weighted by molar-refractivity contribution is 7.80. The fourth-order valence-electron chi connectivity index (χ4n) is 1.57. The minimum atomic E-state index is 0.418. The number of rotatable bonds is 5. The van der Waals surface area contributed by atoms with E-state index < -0.39 is 0 Å². The molecule has 1 atom stereocenters. The first-order valence-corrected chi connectivity index (χ1v) is 6.61. The first kappa shape index (κ1) is 14.0. The van der Waals surface area contributed by atoms with E-state index in [-0.39, 0.29) is 0 Å². The van der Waals surface area contributed by atoms with Gasteiger partial charge in [-0.1, -0.05) is 32.0 Å². The van der Waals surface area contributed by atoms with Crippen molar-refractivity contribution in [3.05, 3.63) is 30.3 Å². The Morgan fingerprint density at radius 1 is 1.12 bits per heavy atom. The maximum absolute atomic E-state index is 5.27. The lowest BCUT2D eigenvalue weighted by atomic mass is 10.0. The van der Waals surface area contributed by atoms with E-state index in [0.29, 0.717) is 11.2 Å². The molecule has 1 aromatic rings. The molecule has 0 spiro atoms. The molecule has 0 saturated heterocycles. The Bertz CT molecular complexity index is 335. The van der Waals surface area contributed by atoms with E-state index in [1.54, 1.807) is 0 Å². The van der Waals surface area contributed by atoms with E-state index in [1.165, 1.54) is 6.42 Å². The van der Waals surface area contributed by atoms with Crippen LogP contribution in [0.25, 0.3) is 0 Å². The summed E-state index contributed by atoms with van der Waals surface area (Å²) in [5, 5.41) is 7.19. The van der Waals surface area contributed by atoms with Crippen molar-refractivity contribution in [3.8, 4) is 0 Å². The van der Waals surface area contributed by atoms with E-state index >= 15 is 0 Å². The maximum Gasteiger partial charge on any atom is 0.170 e. The molecule has 0 heterocycles. The van der Waals surface area contributed by atoms with Crippen molar-refractivity contribution in [3.63, 3.8) is 0 Å². The van der Waals surface area contributed by atoms with Gasteiger partial charge in [-0.3, -0.25) is 0 Å². The lowest BCUT2D eigenvalue weighted by Gasteiger charge is -2.17. The normalized spacial score (nSPS) is 12.2. The quantitative estimate of drug-likeness (QED) is 0.777. The molecule has 3 heteroatoms. The molecule has 0 fully saturated rings. The van der Waals surface area contributed by atoms with Gasteiger partial charge in [0, 0.05) is 11.7 Å². The first-order chi connectivity index (χ1) is 8.08. The van der Waals surface area contributed by atoms with Crippen LogP contribution in [0, 0.1) is 5.92 Å². The average molecular weight is 250 g/mol. The summed E-state index contributed by atoms with van der Waals surface area (Å²) in [6.45, 7) is 6.65. The van der Waals surface area contributed by atoms with Crippen LogP contribution in [0.2, 0.25) is 0 Å². The summed E-state index contributed by atoms with van der Waals surface area (Å²) >= 11 is 5.27. The highest BCUT2D eigenvalue weighted by Crippen LogP contribution is 2.08. The summed E-state index contributed by atoms with van der Waals surface area (Å²) in [5.74, 6) is 0.745. The molecule has 1 rings (SSSR count). The summed E-state index contributed by atoms with van der Waals surface area (Å²) in [6, 6.07) is 10.4. The molecule has 0 radical (unpaired) electrons. The van der Waals surface area contributed by atoms with Crippen molar-refractivity contribution >= 4 is 23.0 Å². The summed E-state index contributed by atoms with van der Waals surface area (Å²) in [4.78, 5) is 0. The Labute approximate surface area is 110 Å². The Morgan fingerprint density at radius 3 is 2.35 bits per heavy atom. The van der Waals surface area contributed by atoms with Gasteiger partial charge in [-0.05, 0) is 50.0 Å². The molecule has 0 aromatic heterocycles. The van der Waals surface area contributed by atoms with Crippen LogP contribution in [0.4, 0.5) is 5.69 Å². The number of anilines is 1. The number of hydrogen-bond donors (Lipinski definition) is 2. The lowest BCUT2D eigenvalue weighted by molar-refractivity contribution is 0.494. The third-order valence-corrected chi connectivity index (χ3v) is 2.81. The van der Waals surface area contributed by atoms with Crippen LogP contribution in [0.15, 0.2) is 30.3 Å². The maximum atomic E-state index is 5.27. The van der Waals surface area contributed by atoms with E-state index in [1.807, 2.05) is 30.3 Å². The van der Waals surface area contributed by atoms with Crippen molar-refractivity contribution in [2.75, 3.05) is 5.32 Å². The van der Waals surface area contributed by atoms with Crippen molar-refractivity contribution in [1.29, 1.82) is 0 Å². The predicted molar refractivity (Wildman–Crippen MR) is 79.3 cm³/mol. The van der Waals surface area contributed by atoms with Crippen molar-refractivity contribution in [2.24, 2.45) is 5.92 Å². The molecule has 17 heavy (non-hydrogen) atoms. The second-order valence-corrected chi connectivity index (χ2v) is 5.24. The molecule has 94 valence electrons. The Morgan fingerprint density at radius 2 is 1.76 bits per heavy atom. The molecule has 0 aliphatic rings. The molecule has 0 aliphatic heterocycles. The third kappa shape index (κ3) is 6.27. The summed E-state index contributed by atoms with van der Waals surface area (Å²) in [7, 11) is 0. The van der Waals surface area contributed by atoms with Gasteiger partial charge < -0.3 is 10.6 Å². The first-order valence-electron chi connectivity index (χ1n) is 6.20. The zero-order valence-corrected chi connectivity index (χ0v) is 11.7. The van der Waals surface area contributed by atoms with Crippen molar-refractivity contribution in [2.45, 2.75) is 39.7 Å². The number of nitrogens with one attached hydrogen (secondary N) is 2. The number of benzene rings is 1. The molecular weight excluding hydrogens is 228 g/mol. The van der Waals surface area contributed by atoms with Gasteiger partial charge in [-0.2, -0.15) is 0 Å². The molecule has 0 saturated carbocycles. The molecule has 0 amide bonds. The predicted octanol–water partition coefficient (Wildman–Crippen LogP) is 3.80. The number of para-hydroxylation sites is 1. The molecule has 0 bridgehead atoms. The van der Waals surface area contributed by atoms with Crippen LogP contribution >= 0.6 is 12.2 Å². The van der Waals surface area contributed by atoms with Gasteiger partial charge in [0.2, 0.25) is 0 Å². The second-order valence-electron chi connectivity index (χ2n) is 4.84. The minimum Gasteiger partial charge on any atom is -0.360 e. The highest BCUT2D eigenvalue weighted by atomic mass is 32.1. The van der Waals surface area contributed by atoms with E-state index in [9.17, 15) is 0 Å². The van der Waals surface area contributed by atoms with Crippen LogP contribution in [-0.4, -0.2) is 11.2 Å². The summed E-state index contributed by atoms with van der Waals surface area (Å²) < 4.78 is 0. The van der Waals surface area contributed by atoms with Crippen LogP contribution in [0.5, 0.6) is 0 Å². The average Bonchev–Trinajstić information content (AvgIpc) is 2.27.